The molecule has 3 rings (SSSR count). The molecule has 0 radical (unpaired) electrons. The van der Waals surface area contributed by atoms with Crippen molar-refractivity contribution in [1.29, 1.82) is 0 Å². The minimum Gasteiger partial charge on any atom is -0.480 e. The van der Waals surface area contributed by atoms with E-state index in [1.165, 1.54) is 0 Å². The molecule has 0 saturated carbocycles. The minimum atomic E-state index is -1.05. The number of amides is 1. The maximum Gasteiger partial charge on any atom is 0.326 e. The van der Waals surface area contributed by atoms with Gasteiger partial charge in [0, 0.05) is 9.99 Å². The van der Waals surface area contributed by atoms with E-state index in [0.29, 0.717) is 0 Å². The third kappa shape index (κ3) is 4.67. The van der Waals surface area contributed by atoms with Crippen molar-refractivity contribution in [3.8, 4) is 0 Å². The van der Waals surface area contributed by atoms with Crippen LogP contribution in [-0.4, -0.2) is 23.0 Å². The van der Waals surface area contributed by atoms with E-state index in [9.17, 15) is 14.7 Å². The number of hydrogen-bond acceptors (Lipinski definition) is 2. The largest absolute Gasteiger partial charge is 0.480 e. The van der Waals surface area contributed by atoms with Gasteiger partial charge >= 0.3 is 5.97 Å². The molecule has 0 heterocycles. The lowest BCUT2D eigenvalue weighted by Gasteiger charge is -2.31. The van der Waals surface area contributed by atoms with Crippen LogP contribution in [0, 0.1) is 3.57 Å². The van der Waals surface area contributed by atoms with Crippen LogP contribution in [-0.2, 0) is 21.4 Å². The predicted molar refractivity (Wildman–Crippen MR) is 122 cm³/mol. The molecule has 3 aromatic rings. The first-order valence-electron chi connectivity index (χ1n) is 9.31. The van der Waals surface area contributed by atoms with Crippen molar-refractivity contribution in [2.24, 2.45) is 0 Å². The van der Waals surface area contributed by atoms with E-state index >= 15 is 0 Å². The first-order valence-corrected chi connectivity index (χ1v) is 10.4. The molecule has 4 nitrogen and oxygen atoms in total. The highest BCUT2D eigenvalue weighted by atomic mass is 127. The molecular formula is C24H22INO3. The molecule has 0 aromatic heterocycles. The van der Waals surface area contributed by atoms with E-state index in [4.69, 9.17) is 0 Å². The molecular weight excluding hydrogens is 477 g/mol. The van der Waals surface area contributed by atoms with Crippen molar-refractivity contribution in [3.05, 3.63) is 105 Å². The first-order chi connectivity index (χ1) is 13.9. The van der Waals surface area contributed by atoms with E-state index < -0.39 is 17.4 Å². The highest BCUT2D eigenvalue weighted by Gasteiger charge is 2.39. The van der Waals surface area contributed by atoms with Gasteiger partial charge in [0.15, 0.2) is 0 Å². The summed E-state index contributed by atoms with van der Waals surface area (Å²) < 4.78 is 0.972. The van der Waals surface area contributed by atoms with Crippen LogP contribution in [0.15, 0.2) is 84.9 Å². The summed E-state index contributed by atoms with van der Waals surface area (Å²) in [6.45, 7) is 1.83. The number of aliphatic carboxylic acids is 1. The Labute approximate surface area is 184 Å². The highest BCUT2D eigenvalue weighted by Crippen LogP contribution is 2.32. The van der Waals surface area contributed by atoms with Crippen molar-refractivity contribution in [3.63, 3.8) is 0 Å². The van der Waals surface area contributed by atoms with Gasteiger partial charge in [-0.3, -0.25) is 4.79 Å². The average Bonchev–Trinajstić information content (AvgIpc) is 2.75. The number of rotatable bonds is 7. The molecule has 0 unspecified atom stereocenters. The topological polar surface area (TPSA) is 66.4 Å². The van der Waals surface area contributed by atoms with Crippen LogP contribution in [0.4, 0.5) is 0 Å². The van der Waals surface area contributed by atoms with E-state index in [-0.39, 0.29) is 12.3 Å². The van der Waals surface area contributed by atoms with Crippen molar-refractivity contribution in [2.75, 3.05) is 0 Å². The zero-order valence-electron chi connectivity index (χ0n) is 16.0. The Morgan fingerprint density at radius 1 is 0.897 bits per heavy atom. The molecule has 0 fully saturated rings. The number of hydrogen-bond donors (Lipinski definition) is 2. The van der Waals surface area contributed by atoms with Gasteiger partial charge in [-0.05, 0) is 52.3 Å². The quantitative estimate of drug-likeness (QED) is 0.474. The van der Waals surface area contributed by atoms with Gasteiger partial charge in [0.2, 0.25) is 5.91 Å². The van der Waals surface area contributed by atoms with Crippen molar-refractivity contribution >= 4 is 34.5 Å². The number of nitrogens with one attached hydrogen (secondary N) is 1. The van der Waals surface area contributed by atoms with E-state index in [1.54, 1.807) is 0 Å². The second kappa shape index (κ2) is 9.22. The van der Waals surface area contributed by atoms with Gasteiger partial charge in [-0.15, -0.1) is 0 Å². The molecule has 1 amide bonds. The Morgan fingerprint density at radius 2 is 1.38 bits per heavy atom. The Balaban J connectivity index is 1.95. The van der Waals surface area contributed by atoms with Gasteiger partial charge in [-0.1, -0.05) is 78.9 Å². The average molecular weight is 499 g/mol. The molecule has 3 aromatic carbocycles. The number of halogens is 1. The van der Waals surface area contributed by atoms with E-state index in [1.807, 2.05) is 91.9 Å². The van der Waals surface area contributed by atoms with Crippen LogP contribution in [0.5, 0.6) is 0 Å². The number of benzene rings is 3. The molecule has 0 aliphatic rings. The summed E-state index contributed by atoms with van der Waals surface area (Å²) in [5.41, 5.74) is 1.49. The second-order valence-electron chi connectivity index (χ2n) is 7.02. The predicted octanol–water partition coefficient (Wildman–Crippen LogP) is 4.41. The van der Waals surface area contributed by atoms with Gasteiger partial charge in [0.25, 0.3) is 0 Å². The van der Waals surface area contributed by atoms with Gasteiger partial charge in [-0.2, -0.15) is 0 Å². The normalized spacial score (nSPS) is 12.2. The van der Waals surface area contributed by atoms with Gasteiger partial charge in [0.05, 0.1) is 5.41 Å². The van der Waals surface area contributed by atoms with Crippen LogP contribution in [0.3, 0.4) is 0 Å². The van der Waals surface area contributed by atoms with Gasteiger partial charge < -0.3 is 10.4 Å². The number of carbonyl (C=O) groups excluding carboxylic acids is 1. The maximum absolute atomic E-state index is 13.5. The molecule has 2 N–H and O–H groups in total. The second-order valence-corrected chi connectivity index (χ2v) is 8.18. The molecule has 0 spiro atoms. The lowest BCUT2D eigenvalue weighted by atomic mass is 9.75. The molecule has 0 aliphatic carbocycles. The third-order valence-electron chi connectivity index (χ3n) is 5.14. The Morgan fingerprint density at radius 3 is 1.86 bits per heavy atom. The van der Waals surface area contributed by atoms with E-state index in [0.717, 1.165) is 20.3 Å². The zero-order valence-corrected chi connectivity index (χ0v) is 18.2. The van der Waals surface area contributed by atoms with Crippen LogP contribution < -0.4 is 5.32 Å². The lowest BCUT2D eigenvalue weighted by molar-refractivity contribution is -0.142. The fourth-order valence-corrected chi connectivity index (χ4v) is 3.97. The van der Waals surface area contributed by atoms with E-state index in [2.05, 4.69) is 27.9 Å². The fourth-order valence-electron chi connectivity index (χ4n) is 3.36. The zero-order chi connectivity index (χ0) is 20.9. The van der Waals surface area contributed by atoms with Crippen LogP contribution >= 0.6 is 22.6 Å². The lowest BCUT2D eigenvalue weighted by Crippen LogP contribution is -2.50. The Kier molecular flexibility index (Phi) is 6.69. The first kappa shape index (κ1) is 21.0. The molecule has 0 bridgehead atoms. The Hall–Kier alpha value is -2.67. The summed E-state index contributed by atoms with van der Waals surface area (Å²) in [5, 5.41) is 12.6. The third-order valence-corrected chi connectivity index (χ3v) is 6.19. The summed E-state index contributed by atoms with van der Waals surface area (Å²) in [6, 6.07) is 25.4. The summed E-state index contributed by atoms with van der Waals surface area (Å²) in [5.74, 6) is -1.39. The van der Waals surface area contributed by atoms with Crippen LogP contribution in [0.1, 0.15) is 23.6 Å². The Bertz CT molecular complexity index is 950. The SMILES string of the molecule is CC(C(=O)N[C@@H](Cc1ccccc1I)C(=O)O)(c1ccccc1)c1ccccc1. The fraction of sp³-hybridized carbons (Fsp3) is 0.167. The minimum absolute atomic E-state index is 0.222. The standard InChI is InChI=1S/C24H22INO3/c1-24(18-11-4-2-5-12-18,19-13-6-3-7-14-19)23(29)26-21(22(27)28)16-17-10-8-9-15-20(17)25/h2-15,21H,16H2,1H3,(H,26,29)(H,27,28)/t21-/m0/s1. The molecule has 29 heavy (non-hydrogen) atoms. The summed E-state index contributed by atoms with van der Waals surface area (Å²) in [7, 11) is 0. The molecule has 0 saturated heterocycles. The summed E-state index contributed by atoms with van der Waals surface area (Å²) in [4.78, 5) is 25.4. The van der Waals surface area contributed by atoms with Crippen molar-refractivity contribution < 1.29 is 14.7 Å². The van der Waals surface area contributed by atoms with Crippen molar-refractivity contribution in [2.45, 2.75) is 24.8 Å². The van der Waals surface area contributed by atoms with Gasteiger partial charge in [0.1, 0.15) is 6.04 Å². The van der Waals surface area contributed by atoms with Crippen LogP contribution in [0.2, 0.25) is 0 Å². The summed E-state index contributed by atoms with van der Waals surface area (Å²) in [6.07, 6.45) is 0.222. The van der Waals surface area contributed by atoms with Gasteiger partial charge in [-0.25, -0.2) is 4.79 Å². The molecule has 148 valence electrons. The number of carbonyl (C=O) groups is 2. The molecule has 5 heteroatoms. The molecule has 1 atom stereocenters. The number of carboxylic acid groups (broad SMARTS) is 1. The van der Waals surface area contributed by atoms with Crippen molar-refractivity contribution in [1.82, 2.24) is 5.32 Å². The summed E-state index contributed by atoms with van der Waals surface area (Å²) >= 11 is 2.18. The molecule has 0 aliphatic heterocycles. The van der Waals surface area contributed by atoms with Crippen LogP contribution in [0.25, 0.3) is 0 Å². The monoisotopic (exact) mass is 499 g/mol. The highest BCUT2D eigenvalue weighted by molar-refractivity contribution is 14.1. The smallest absolute Gasteiger partial charge is 0.326 e. The maximum atomic E-state index is 13.5. The number of carboxylic acids is 1.